The summed E-state index contributed by atoms with van der Waals surface area (Å²) in [7, 11) is 3.30. The predicted molar refractivity (Wildman–Crippen MR) is 61.1 cm³/mol. The van der Waals surface area contributed by atoms with E-state index in [2.05, 4.69) is 26.1 Å². The van der Waals surface area contributed by atoms with E-state index in [4.69, 9.17) is 9.47 Å². The summed E-state index contributed by atoms with van der Waals surface area (Å²) in [6.07, 6.45) is 0.464. The van der Waals surface area contributed by atoms with Gasteiger partial charge in [0.25, 0.3) is 0 Å². The molecule has 0 aromatic heterocycles. The number of nitrogens with one attached hydrogen (secondary N) is 1. The van der Waals surface area contributed by atoms with Crippen LogP contribution in [0.2, 0.25) is 0 Å². The lowest BCUT2D eigenvalue weighted by atomic mass is 10.00. The van der Waals surface area contributed by atoms with Gasteiger partial charge in [-0.2, -0.15) is 0 Å². The fraction of sp³-hybridized carbons (Fsp3) is 1.00. The number of ether oxygens (including phenoxy) is 2. The van der Waals surface area contributed by atoms with Crippen molar-refractivity contribution in [2.24, 2.45) is 0 Å². The van der Waals surface area contributed by atoms with Crippen molar-refractivity contribution in [3.8, 4) is 0 Å². The van der Waals surface area contributed by atoms with Gasteiger partial charge >= 0.3 is 0 Å². The van der Waals surface area contributed by atoms with E-state index in [-0.39, 0.29) is 5.60 Å². The molecule has 0 amide bonds. The third-order valence-electron chi connectivity index (χ3n) is 2.41. The molecule has 2 unspecified atom stereocenters. The molecule has 0 heterocycles. The van der Waals surface area contributed by atoms with Crippen molar-refractivity contribution in [3.05, 3.63) is 0 Å². The Morgan fingerprint density at radius 2 is 1.93 bits per heavy atom. The summed E-state index contributed by atoms with van der Waals surface area (Å²) in [6.45, 7) is 7.11. The fourth-order valence-corrected chi connectivity index (χ4v) is 1.48. The zero-order valence-corrected chi connectivity index (χ0v) is 10.5. The van der Waals surface area contributed by atoms with Crippen LogP contribution in [0.25, 0.3) is 0 Å². The van der Waals surface area contributed by atoms with Gasteiger partial charge in [-0.05, 0) is 27.2 Å². The Morgan fingerprint density at radius 3 is 2.40 bits per heavy atom. The molecule has 0 spiro atoms. The summed E-state index contributed by atoms with van der Waals surface area (Å²) in [6, 6.07) is 0.312. The first kappa shape index (κ1) is 14.8. The van der Waals surface area contributed by atoms with Gasteiger partial charge < -0.3 is 19.9 Å². The molecule has 0 aliphatic rings. The van der Waals surface area contributed by atoms with Crippen molar-refractivity contribution in [2.75, 3.05) is 27.4 Å². The smallest absolute Gasteiger partial charge is 0.0897 e. The Bertz CT molecular complexity index is 162. The highest BCUT2D eigenvalue weighted by Crippen LogP contribution is 2.15. The Morgan fingerprint density at radius 1 is 1.33 bits per heavy atom. The second-order valence-corrected chi connectivity index (χ2v) is 4.59. The van der Waals surface area contributed by atoms with Gasteiger partial charge in [0.2, 0.25) is 0 Å². The van der Waals surface area contributed by atoms with Gasteiger partial charge in [-0.3, -0.25) is 0 Å². The number of aliphatic hydroxyl groups excluding tert-OH is 1. The molecule has 0 saturated carbocycles. The molecule has 0 fully saturated rings. The number of hydrogen-bond acceptors (Lipinski definition) is 4. The summed E-state index contributed by atoms with van der Waals surface area (Å²) < 4.78 is 10.2. The summed E-state index contributed by atoms with van der Waals surface area (Å²) in [5, 5.41) is 12.7. The van der Waals surface area contributed by atoms with Crippen molar-refractivity contribution in [3.63, 3.8) is 0 Å². The van der Waals surface area contributed by atoms with Crippen LogP contribution >= 0.6 is 0 Å². The molecule has 15 heavy (non-hydrogen) atoms. The summed E-state index contributed by atoms with van der Waals surface area (Å²) in [4.78, 5) is 0. The van der Waals surface area contributed by atoms with Crippen molar-refractivity contribution >= 4 is 0 Å². The highest BCUT2D eigenvalue weighted by atomic mass is 16.5. The average molecular weight is 219 g/mol. The Balaban J connectivity index is 3.70. The van der Waals surface area contributed by atoms with Crippen LogP contribution in [0.1, 0.15) is 27.2 Å². The molecule has 0 radical (unpaired) electrons. The van der Waals surface area contributed by atoms with E-state index in [1.807, 2.05) is 0 Å². The standard InChI is InChI=1S/C11H25NO3/c1-9(6-11(2,3)15-5)12-7-10(13)8-14-4/h9-10,12-13H,6-8H2,1-5H3. The number of rotatable bonds is 8. The quantitative estimate of drug-likeness (QED) is 0.633. The molecule has 0 bridgehead atoms. The fourth-order valence-electron chi connectivity index (χ4n) is 1.48. The van der Waals surface area contributed by atoms with E-state index >= 15 is 0 Å². The molecule has 0 aromatic carbocycles. The Labute approximate surface area is 93.0 Å². The van der Waals surface area contributed by atoms with Gasteiger partial charge in [0, 0.05) is 26.8 Å². The first-order valence-corrected chi connectivity index (χ1v) is 5.37. The molecule has 2 atom stereocenters. The van der Waals surface area contributed by atoms with Gasteiger partial charge in [-0.25, -0.2) is 0 Å². The summed E-state index contributed by atoms with van der Waals surface area (Å²) in [5.74, 6) is 0. The number of hydrogen-bond donors (Lipinski definition) is 2. The molecular formula is C11H25NO3. The van der Waals surface area contributed by atoms with E-state index < -0.39 is 6.10 Å². The van der Waals surface area contributed by atoms with E-state index in [0.717, 1.165) is 6.42 Å². The van der Waals surface area contributed by atoms with Crippen molar-refractivity contribution in [1.82, 2.24) is 5.32 Å². The zero-order valence-electron chi connectivity index (χ0n) is 10.5. The number of aliphatic hydroxyl groups is 1. The van der Waals surface area contributed by atoms with Crippen LogP contribution in [0.3, 0.4) is 0 Å². The second kappa shape index (κ2) is 7.17. The molecule has 2 N–H and O–H groups in total. The normalized spacial score (nSPS) is 16.4. The molecule has 92 valence electrons. The third-order valence-corrected chi connectivity index (χ3v) is 2.41. The van der Waals surface area contributed by atoms with Crippen LogP contribution < -0.4 is 5.32 Å². The lowest BCUT2D eigenvalue weighted by Gasteiger charge is -2.27. The molecule has 4 nitrogen and oxygen atoms in total. The molecule has 4 heteroatoms. The summed E-state index contributed by atoms with van der Waals surface area (Å²) in [5.41, 5.74) is -0.126. The Kier molecular flexibility index (Phi) is 7.09. The third kappa shape index (κ3) is 7.73. The van der Waals surface area contributed by atoms with Crippen molar-refractivity contribution < 1.29 is 14.6 Å². The zero-order chi connectivity index (χ0) is 11.9. The van der Waals surface area contributed by atoms with E-state index in [0.29, 0.717) is 19.2 Å². The SMILES string of the molecule is COCC(O)CNC(C)CC(C)(C)OC. The van der Waals surface area contributed by atoms with Gasteiger partial charge in [-0.15, -0.1) is 0 Å². The van der Waals surface area contributed by atoms with Crippen molar-refractivity contribution in [1.29, 1.82) is 0 Å². The number of methoxy groups -OCH3 is 2. The monoisotopic (exact) mass is 219 g/mol. The first-order chi connectivity index (χ1) is 6.91. The lowest BCUT2D eigenvalue weighted by Crippen LogP contribution is -2.40. The minimum Gasteiger partial charge on any atom is -0.389 e. The maximum absolute atomic E-state index is 9.43. The van der Waals surface area contributed by atoms with Crippen molar-refractivity contribution in [2.45, 2.75) is 44.9 Å². The molecule has 0 rings (SSSR count). The predicted octanol–water partition coefficient (Wildman–Crippen LogP) is 0.787. The topological polar surface area (TPSA) is 50.7 Å². The maximum atomic E-state index is 9.43. The van der Waals surface area contributed by atoms with Crippen LogP contribution in [0, 0.1) is 0 Å². The molecule has 0 aromatic rings. The minimum atomic E-state index is -0.442. The molecular weight excluding hydrogens is 194 g/mol. The van der Waals surface area contributed by atoms with E-state index in [9.17, 15) is 5.11 Å². The van der Waals surface area contributed by atoms with Crippen LogP contribution in [0.4, 0.5) is 0 Å². The van der Waals surface area contributed by atoms with Gasteiger partial charge in [0.05, 0.1) is 18.3 Å². The van der Waals surface area contributed by atoms with Crippen LogP contribution in [-0.4, -0.2) is 50.2 Å². The minimum absolute atomic E-state index is 0.126. The van der Waals surface area contributed by atoms with Gasteiger partial charge in [-0.1, -0.05) is 0 Å². The average Bonchev–Trinajstić information content (AvgIpc) is 2.15. The highest BCUT2D eigenvalue weighted by Gasteiger charge is 2.20. The highest BCUT2D eigenvalue weighted by molar-refractivity contribution is 4.76. The van der Waals surface area contributed by atoms with Crippen LogP contribution in [-0.2, 0) is 9.47 Å². The Hall–Kier alpha value is -0.160. The summed E-state index contributed by atoms with van der Waals surface area (Å²) >= 11 is 0. The maximum Gasteiger partial charge on any atom is 0.0897 e. The van der Waals surface area contributed by atoms with Gasteiger partial charge in [0.1, 0.15) is 0 Å². The van der Waals surface area contributed by atoms with E-state index in [1.54, 1.807) is 14.2 Å². The largest absolute Gasteiger partial charge is 0.389 e. The van der Waals surface area contributed by atoms with Crippen LogP contribution in [0.5, 0.6) is 0 Å². The first-order valence-electron chi connectivity index (χ1n) is 5.37. The molecule has 0 aliphatic heterocycles. The van der Waals surface area contributed by atoms with Gasteiger partial charge in [0.15, 0.2) is 0 Å². The van der Waals surface area contributed by atoms with E-state index in [1.165, 1.54) is 0 Å². The molecule has 0 aliphatic carbocycles. The lowest BCUT2D eigenvalue weighted by molar-refractivity contribution is 0.00614. The van der Waals surface area contributed by atoms with Crippen LogP contribution in [0.15, 0.2) is 0 Å². The molecule has 0 saturated heterocycles. The second-order valence-electron chi connectivity index (χ2n) is 4.59.